The van der Waals surface area contributed by atoms with Crippen molar-refractivity contribution < 1.29 is 18.6 Å². The first-order valence-electron chi connectivity index (χ1n) is 5.22. The van der Waals surface area contributed by atoms with Crippen molar-refractivity contribution in [2.45, 2.75) is 6.61 Å². The molecular weight excluding hydrogens is 240 g/mol. The van der Waals surface area contributed by atoms with Crippen LogP contribution >= 0.6 is 0 Å². The number of halogens is 2. The minimum atomic E-state index is -0.837. The van der Waals surface area contributed by atoms with E-state index >= 15 is 0 Å². The molecule has 2 rings (SSSR count). The van der Waals surface area contributed by atoms with E-state index in [4.69, 9.17) is 15.6 Å². The molecule has 18 heavy (non-hydrogen) atoms. The van der Waals surface area contributed by atoms with E-state index in [-0.39, 0.29) is 18.0 Å². The number of rotatable bonds is 3. The van der Waals surface area contributed by atoms with E-state index in [0.29, 0.717) is 17.4 Å². The maximum Gasteiger partial charge on any atom is 0.168 e. The van der Waals surface area contributed by atoms with Crippen molar-refractivity contribution in [2.24, 2.45) is 0 Å². The van der Waals surface area contributed by atoms with Crippen molar-refractivity contribution in [2.75, 3.05) is 5.73 Å². The summed E-state index contributed by atoms with van der Waals surface area (Å²) < 4.78 is 31.6. The van der Waals surface area contributed by atoms with Crippen LogP contribution in [-0.4, -0.2) is 5.11 Å². The predicted molar refractivity (Wildman–Crippen MR) is 63.2 cm³/mol. The molecule has 0 bridgehead atoms. The normalized spacial score (nSPS) is 10.4. The Balaban J connectivity index is 2.30. The average Bonchev–Trinajstić information content (AvgIpc) is 2.36. The van der Waals surface area contributed by atoms with Crippen LogP contribution in [-0.2, 0) is 6.61 Å². The Morgan fingerprint density at radius 2 is 1.89 bits per heavy atom. The van der Waals surface area contributed by atoms with Crippen LogP contribution in [0, 0.1) is 11.6 Å². The summed E-state index contributed by atoms with van der Waals surface area (Å²) in [6.45, 7) is -0.148. The molecule has 0 fully saturated rings. The van der Waals surface area contributed by atoms with Gasteiger partial charge < -0.3 is 15.6 Å². The molecule has 2 aromatic carbocycles. The molecule has 0 unspecified atom stereocenters. The summed E-state index contributed by atoms with van der Waals surface area (Å²) in [5, 5.41) is 8.96. The van der Waals surface area contributed by atoms with Crippen LogP contribution in [0.3, 0.4) is 0 Å². The molecule has 0 aliphatic heterocycles. The average molecular weight is 251 g/mol. The minimum Gasteiger partial charge on any atom is -0.454 e. The molecular formula is C13H11F2NO2. The Morgan fingerprint density at radius 3 is 2.61 bits per heavy atom. The molecule has 0 amide bonds. The number of aliphatic hydroxyl groups is 1. The van der Waals surface area contributed by atoms with Crippen molar-refractivity contribution in [3.63, 3.8) is 0 Å². The van der Waals surface area contributed by atoms with Gasteiger partial charge in [0, 0.05) is 12.1 Å². The molecule has 0 spiro atoms. The Labute approximate surface area is 102 Å². The maximum absolute atomic E-state index is 13.4. The fourth-order valence-corrected chi connectivity index (χ4v) is 1.46. The Hall–Kier alpha value is -2.14. The summed E-state index contributed by atoms with van der Waals surface area (Å²) in [5.74, 6) is -1.49. The number of hydrogen-bond acceptors (Lipinski definition) is 3. The number of nitrogens with two attached hydrogens (primary N) is 1. The minimum absolute atomic E-state index is 0.148. The second-order valence-corrected chi connectivity index (χ2v) is 3.71. The van der Waals surface area contributed by atoms with Crippen molar-refractivity contribution in [1.82, 2.24) is 0 Å². The van der Waals surface area contributed by atoms with Gasteiger partial charge in [-0.2, -0.15) is 0 Å². The Morgan fingerprint density at radius 1 is 1.11 bits per heavy atom. The fraction of sp³-hybridized carbons (Fsp3) is 0.0769. The van der Waals surface area contributed by atoms with Crippen LogP contribution in [0.5, 0.6) is 11.5 Å². The molecule has 94 valence electrons. The lowest BCUT2D eigenvalue weighted by molar-refractivity contribution is 0.281. The number of nitrogen functional groups attached to an aromatic ring is 1. The van der Waals surface area contributed by atoms with Gasteiger partial charge in [0.25, 0.3) is 0 Å². The summed E-state index contributed by atoms with van der Waals surface area (Å²) in [5.41, 5.74) is 5.78. The summed E-state index contributed by atoms with van der Waals surface area (Å²) in [7, 11) is 0. The van der Waals surface area contributed by atoms with E-state index in [1.165, 1.54) is 0 Å². The quantitative estimate of drug-likeness (QED) is 0.825. The van der Waals surface area contributed by atoms with Gasteiger partial charge in [-0.1, -0.05) is 12.1 Å². The second-order valence-electron chi connectivity index (χ2n) is 3.71. The highest BCUT2D eigenvalue weighted by atomic mass is 19.1. The van der Waals surface area contributed by atoms with Gasteiger partial charge in [-0.25, -0.2) is 8.78 Å². The third-order valence-electron chi connectivity index (χ3n) is 2.36. The summed E-state index contributed by atoms with van der Waals surface area (Å²) in [6.07, 6.45) is 0. The van der Waals surface area contributed by atoms with E-state index in [1.54, 1.807) is 24.3 Å². The molecule has 0 heterocycles. The molecule has 5 heteroatoms. The van der Waals surface area contributed by atoms with E-state index in [2.05, 4.69) is 0 Å². The maximum atomic E-state index is 13.4. The lowest BCUT2D eigenvalue weighted by Gasteiger charge is -2.09. The van der Waals surface area contributed by atoms with Gasteiger partial charge in [0.1, 0.15) is 11.6 Å². The highest BCUT2D eigenvalue weighted by Gasteiger charge is 2.10. The van der Waals surface area contributed by atoms with Crippen LogP contribution in [0.4, 0.5) is 14.5 Å². The van der Waals surface area contributed by atoms with E-state index in [1.807, 2.05) is 0 Å². The fourth-order valence-electron chi connectivity index (χ4n) is 1.46. The summed E-state index contributed by atoms with van der Waals surface area (Å²) >= 11 is 0. The number of ether oxygens (including phenoxy) is 1. The highest BCUT2D eigenvalue weighted by Crippen LogP contribution is 2.28. The Bertz CT molecular complexity index is 573. The van der Waals surface area contributed by atoms with Crippen LogP contribution in [0.15, 0.2) is 36.4 Å². The zero-order valence-corrected chi connectivity index (χ0v) is 9.36. The first kappa shape index (κ1) is 12.3. The predicted octanol–water partition coefficient (Wildman–Crippen LogP) is 2.83. The molecule has 0 saturated carbocycles. The number of aliphatic hydroxyl groups excluding tert-OH is 1. The molecule has 0 radical (unpaired) electrons. The lowest BCUT2D eigenvalue weighted by atomic mass is 10.2. The van der Waals surface area contributed by atoms with Gasteiger partial charge in [-0.3, -0.25) is 0 Å². The largest absolute Gasteiger partial charge is 0.454 e. The van der Waals surface area contributed by atoms with Crippen molar-refractivity contribution in [3.8, 4) is 11.5 Å². The van der Waals surface area contributed by atoms with Crippen molar-refractivity contribution in [3.05, 3.63) is 53.6 Å². The summed E-state index contributed by atoms with van der Waals surface area (Å²) in [6, 6.07) is 8.25. The van der Waals surface area contributed by atoms with Gasteiger partial charge in [0.2, 0.25) is 0 Å². The van der Waals surface area contributed by atoms with Crippen molar-refractivity contribution >= 4 is 5.69 Å². The van der Waals surface area contributed by atoms with Gasteiger partial charge in [0.05, 0.1) is 12.3 Å². The van der Waals surface area contributed by atoms with Crippen molar-refractivity contribution in [1.29, 1.82) is 0 Å². The highest BCUT2D eigenvalue weighted by molar-refractivity contribution is 5.47. The first-order chi connectivity index (χ1) is 8.60. The molecule has 0 atom stereocenters. The third kappa shape index (κ3) is 2.57. The van der Waals surface area contributed by atoms with Gasteiger partial charge in [-0.05, 0) is 17.7 Å². The number of anilines is 1. The van der Waals surface area contributed by atoms with Crippen LogP contribution < -0.4 is 10.5 Å². The molecule has 3 nitrogen and oxygen atoms in total. The third-order valence-corrected chi connectivity index (χ3v) is 2.36. The van der Waals surface area contributed by atoms with Gasteiger partial charge in [0.15, 0.2) is 11.6 Å². The van der Waals surface area contributed by atoms with E-state index in [9.17, 15) is 8.78 Å². The Kier molecular flexibility index (Phi) is 3.43. The standard InChI is InChI=1S/C13H11F2NO2/c14-10-5-11(15)13(6-12(10)16)18-9-3-1-2-8(4-9)7-17/h1-6,17H,7,16H2. The van der Waals surface area contributed by atoms with Crippen LogP contribution in [0.25, 0.3) is 0 Å². The zero-order chi connectivity index (χ0) is 13.1. The van der Waals surface area contributed by atoms with Gasteiger partial charge >= 0.3 is 0 Å². The topological polar surface area (TPSA) is 55.5 Å². The molecule has 3 N–H and O–H groups in total. The molecule has 0 aromatic heterocycles. The monoisotopic (exact) mass is 251 g/mol. The second kappa shape index (κ2) is 5.01. The number of hydrogen-bond donors (Lipinski definition) is 2. The first-order valence-corrected chi connectivity index (χ1v) is 5.22. The molecule has 0 aliphatic carbocycles. The molecule has 0 saturated heterocycles. The SMILES string of the molecule is Nc1cc(Oc2cccc(CO)c2)c(F)cc1F. The van der Waals surface area contributed by atoms with Crippen LogP contribution in [0.1, 0.15) is 5.56 Å². The molecule has 2 aromatic rings. The van der Waals surface area contributed by atoms with Crippen LogP contribution in [0.2, 0.25) is 0 Å². The number of benzene rings is 2. The summed E-state index contributed by atoms with van der Waals surface area (Å²) in [4.78, 5) is 0. The van der Waals surface area contributed by atoms with Gasteiger partial charge in [-0.15, -0.1) is 0 Å². The van der Waals surface area contributed by atoms with E-state index in [0.717, 1.165) is 6.07 Å². The lowest BCUT2D eigenvalue weighted by Crippen LogP contribution is -1.96. The smallest absolute Gasteiger partial charge is 0.168 e. The molecule has 0 aliphatic rings. The zero-order valence-electron chi connectivity index (χ0n) is 9.36. The van der Waals surface area contributed by atoms with E-state index < -0.39 is 11.6 Å².